The second kappa shape index (κ2) is 6.88. The lowest BCUT2D eigenvalue weighted by molar-refractivity contribution is -0.117. The van der Waals surface area contributed by atoms with Crippen LogP contribution in [0, 0.1) is 5.92 Å². The van der Waals surface area contributed by atoms with E-state index in [4.69, 9.17) is 8.85 Å². The summed E-state index contributed by atoms with van der Waals surface area (Å²) in [6.07, 6.45) is 4.25. The van der Waals surface area contributed by atoms with E-state index in [0.29, 0.717) is 16.6 Å². The molecule has 1 fully saturated rings. The zero-order chi connectivity index (χ0) is 22.3. The molecule has 1 amide bonds. The van der Waals surface area contributed by atoms with E-state index in [-0.39, 0.29) is 34.6 Å². The van der Waals surface area contributed by atoms with E-state index in [0.717, 1.165) is 23.6 Å². The molecule has 0 unspecified atom stereocenters. The molecular weight excluding hydrogens is 360 g/mol. The van der Waals surface area contributed by atoms with Crippen LogP contribution in [0.25, 0.3) is 10.9 Å². The van der Waals surface area contributed by atoms with Crippen LogP contribution >= 0.6 is 0 Å². The first-order valence-electron chi connectivity index (χ1n) is 10.2. The highest BCUT2D eigenvalue weighted by atomic mass is 16.5. The number of aromatic nitrogens is 2. The van der Waals surface area contributed by atoms with E-state index in [9.17, 15) is 14.7 Å². The standard InChI is InChI=1S/C20H20N4O4/c1-24-8-7-11-5-6-14(18(28-2)17(11)24)22-15-9-16(21-10-13(15)20(26)27)23-19(25)12-3-4-12/h5-10,12H,3-4H2,1-2H3,(H,26,27)(H2,21,22,23,25)/i1D3. The Morgan fingerprint density at radius 3 is 2.82 bits per heavy atom. The summed E-state index contributed by atoms with van der Waals surface area (Å²) in [6, 6.07) is 6.46. The number of fused-ring (bicyclic) bond motifs is 1. The molecule has 1 aromatic carbocycles. The highest BCUT2D eigenvalue weighted by Crippen LogP contribution is 2.37. The van der Waals surface area contributed by atoms with Gasteiger partial charge in [-0.3, -0.25) is 4.79 Å². The molecule has 0 atom stereocenters. The molecule has 0 radical (unpaired) electrons. The van der Waals surface area contributed by atoms with Crippen LogP contribution in [0.1, 0.15) is 27.3 Å². The third kappa shape index (κ3) is 3.24. The molecule has 0 bridgehead atoms. The second-order valence-corrected chi connectivity index (χ2v) is 6.58. The fourth-order valence-corrected chi connectivity index (χ4v) is 3.02. The number of nitrogens with zero attached hydrogens (tertiary/aromatic N) is 2. The number of amides is 1. The third-order valence-corrected chi connectivity index (χ3v) is 4.61. The van der Waals surface area contributed by atoms with Crippen LogP contribution in [-0.2, 0) is 11.8 Å². The maximum absolute atomic E-state index is 12.0. The molecule has 4 rings (SSSR count). The first kappa shape index (κ1) is 14.5. The van der Waals surface area contributed by atoms with Crippen molar-refractivity contribution in [3.63, 3.8) is 0 Å². The molecule has 3 N–H and O–H groups in total. The van der Waals surface area contributed by atoms with Crippen molar-refractivity contribution in [2.24, 2.45) is 12.9 Å². The number of pyridine rings is 1. The zero-order valence-electron chi connectivity index (χ0n) is 18.0. The SMILES string of the molecule is [2H]C([2H])([2H])n1ccc2ccc(Nc3cc(NC(=O)C4CC4)ncc3C(=O)O)c(OC)c21. The van der Waals surface area contributed by atoms with Crippen LogP contribution in [0.15, 0.2) is 36.7 Å². The molecular formula is C20H20N4O4. The molecule has 28 heavy (non-hydrogen) atoms. The van der Waals surface area contributed by atoms with Gasteiger partial charge in [-0.15, -0.1) is 0 Å². The Kier molecular flexibility index (Phi) is 3.56. The molecule has 0 saturated heterocycles. The number of hydrogen-bond acceptors (Lipinski definition) is 5. The second-order valence-electron chi connectivity index (χ2n) is 6.58. The van der Waals surface area contributed by atoms with Crippen molar-refractivity contribution < 1.29 is 23.5 Å². The Morgan fingerprint density at radius 2 is 2.14 bits per heavy atom. The Morgan fingerprint density at radius 1 is 1.32 bits per heavy atom. The van der Waals surface area contributed by atoms with Gasteiger partial charge >= 0.3 is 5.97 Å². The van der Waals surface area contributed by atoms with Gasteiger partial charge in [0.25, 0.3) is 0 Å². The number of methoxy groups -OCH3 is 1. The van der Waals surface area contributed by atoms with Crippen molar-refractivity contribution in [1.29, 1.82) is 0 Å². The average Bonchev–Trinajstić information content (AvgIpc) is 3.46. The molecule has 3 aromatic rings. The number of aromatic carboxylic acids is 1. The minimum atomic E-state index is -2.42. The van der Waals surface area contributed by atoms with E-state index in [1.165, 1.54) is 19.4 Å². The van der Waals surface area contributed by atoms with Gasteiger partial charge in [-0.1, -0.05) is 6.07 Å². The van der Waals surface area contributed by atoms with Gasteiger partial charge in [0.05, 0.1) is 24.0 Å². The quantitative estimate of drug-likeness (QED) is 0.603. The number of benzene rings is 1. The summed E-state index contributed by atoms with van der Waals surface area (Å²) >= 11 is 0. The number of carbonyl (C=O) groups excluding carboxylic acids is 1. The molecule has 8 heteroatoms. The highest BCUT2D eigenvalue weighted by molar-refractivity contribution is 5.99. The lowest BCUT2D eigenvalue weighted by Gasteiger charge is -2.15. The summed E-state index contributed by atoms with van der Waals surface area (Å²) < 4.78 is 29.9. The van der Waals surface area contributed by atoms with Crippen LogP contribution in [0.4, 0.5) is 17.2 Å². The summed E-state index contributed by atoms with van der Waals surface area (Å²) in [6.45, 7) is -2.42. The Hall–Kier alpha value is -3.55. The molecule has 8 nitrogen and oxygen atoms in total. The summed E-state index contributed by atoms with van der Waals surface area (Å²) in [7, 11) is 1.41. The normalized spacial score (nSPS) is 15.4. The molecule has 1 saturated carbocycles. The van der Waals surface area contributed by atoms with Crippen molar-refractivity contribution in [2.75, 3.05) is 17.7 Å². The number of anilines is 3. The molecule has 0 aliphatic heterocycles. The van der Waals surface area contributed by atoms with Crippen LogP contribution < -0.4 is 15.4 Å². The van der Waals surface area contributed by atoms with E-state index < -0.39 is 12.9 Å². The van der Waals surface area contributed by atoms with Crippen molar-refractivity contribution in [2.45, 2.75) is 12.8 Å². The number of rotatable bonds is 6. The Bertz CT molecular complexity index is 1190. The lowest BCUT2D eigenvalue weighted by atomic mass is 10.1. The Labute approximate surface area is 165 Å². The molecule has 0 spiro atoms. The van der Waals surface area contributed by atoms with Gasteiger partial charge in [-0.05, 0) is 25.0 Å². The lowest BCUT2D eigenvalue weighted by Crippen LogP contribution is -2.15. The number of hydrogen-bond donors (Lipinski definition) is 3. The number of nitrogens with one attached hydrogen (secondary N) is 2. The van der Waals surface area contributed by atoms with Crippen LogP contribution in [0.5, 0.6) is 5.75 Å². The van der Waals surface area contributed by atoms with E-state index in [1.54, 1.807) is 18.2 Å². The van der Waals surface area contributed by atoms with Gasteiger partial charge in [-0.25, -0.2) is 9.78 Å². The van der Waals surface area contributed by atoms with Gasteiger partial charge in [0.2, 0.25) is 5.91 Å². The summed E-state index contributed by atoms with van der Waals surface area (Å²) in [4.78, 5) is 27.8. The fraction of sp³-hybridized carbons (Fsp3) is 0.250. The monoisotopic (exact) mass is 383 g/mol. The van der Waals surface area contributed by atoms with E-state index in [1.807, 2.05) is 0 Å². The number of aryl methyl sites for hydroxylation is 1. The molecule has 2 aromatic heterocycles. The predicted molar refractivity (Wildman–Crippen MR) is 105 cm³/mol. The minimum absolute atomic E-state index is 0.0347. The molecule has 1 aliphatic rings. The summed E-state index contributed by atoms with van der Waals surface area (Å²) in [5, 5.41) is 15.9. The van der Waals surface area contributed by atoms with Crippen molar-refractivity contribution in [1.82, 2.24) is 9.55 Å². The van der Waals surface area contributed by atoms with Crippen LogP contribution in [0.3, 0.4) is 0 Å². The number of carboxylic acids is 1. The number of carboxylic acid groups (broad SMARTS) is 1. The van der Waals surface area contributed by atoms with Gasteiger partial charge in [0.15, 0.2) is 5.75 Å². The maximum atomic E-state index is 12.0. The van der Waals surface area contributed by atoms with E-state index >= 15 is 0 Å². The zero-order valence-corrected chi connectivity index (χ0v) is 15.0. The van der Waals surface area contributed by atoms with Gasteiger partial charge < -0.3 is 25.0 Å². The fourth-order valence-electron chi connectivity index (χ4n) is 3.02. The van der Waals surface area contributed by atoms with Gasteiger partial charge in [-0.2, -0.15) is 0 Å². The molecule has 2 heterocycles. The predicted octanol–water partition coefficient (Wildman–Crippen LogP) is 3.37. The smallest absolute Gasteiger partial charge is 0.339 e. The van der Waals surface area contributed by atoms with Crippen molar-refractivity contribution in [3.8, 4) is 5.75 Å². The number of carbonyl (C=O) groups is 2. The van der Waals surface area contributed by atoms with Crippen LogP contribution in [-0.4, -0.2) is 33.6 Å². The largest absolute Gasteiger partial charge is 0.492 e. The number of ether oxygens (including phenoxy) is 1. The Balaban J connectivity index is 1.77. The first-order valence-corrected chi connectivity index (χ1v) is 8.69. The minimum Gasteiger partial charge on any atom is -0.492 e. The van der Waals surface area contributed by atoms with Gasteiger partial charge in [0, 0.05) is 40.9 Å². The van der Waals surface area contributed by atoms with Crippen LogP contribution in [0.2, 0.25) is 0 Å². The molecule has 1 aliphatic carbocycles. The highest BCUT2D eigenvalue weighted by Gasteiger charge is 2.30. The summed E-state index contributed by atoms with van der Waals surface area (Å²) in [5.74, 6) is -0.935. The molecule has 144 valence electrons. The third-order valence-electron chi connectivity index (χ3n) is 4.61. The average molecular weight is 383 g/mol. The van der Waals surface area contributed by atoms with Crippen molar-refractivity contribution in [3.05, 3.63) is 42.2 Å². The topological polar surface area (TPSA) is 105 Å². The summed E-state index contributed by atoms with van der Waals surface area (Å²) in [5.41, 5.74) is 0.782. The van der Waals surface area contributed by atoms with Gasteiger partial charge in [0.1, 0.15) is 11.4 Å². The maximum Gasteiger partial charge on any atom is 0.339 e. The van der Waals surface area contributed by atoms with E-state index in [2.05, 4.69) is 15.6 Å². The first-order chi connectivity index (χ1) is 14.7. The van der Waals surface area contributed by atoms with Crippen molar-refractivity contribution >= 4 is 40.0 Å².